The van der Waals surface area contributed by atoms with Gasteiger partial charge in [0.25, 0.3) is 0 Å². The summed E-state index contributed by atoms with van der Waals surface area (Å²) in [6, 6.07) is 13.0. The molecule has 2 amide bonds. The smallest absolute Gasteiger partial charge is 0.246 e. The average Bonchev–Trinajstić information content (AvgIpc) is 2.67. The minimum Gasteiger partial charge on any atom is -0.497 e. The van der Waals surface area contributed by atoms with Crippen LogP contribution in [0.5, 0.6) is 5.75 Å². The molecule has 27 heavy (non-hydrogen) atoms. The molecule has 6 heteroatoms. The van der Waals surface area contributed by atoms with Crippen LogP contribution in [-0.2, 0) is 16.0 Å². The van der Waals surface area contributed by atoms with Crippen LogP contribution in [0.15, 0.2) is 48.5 Å². The third-order valence-corrected chi connectivity index (χ3v) is 4.18. The van der Waals surface area contributed by atoms with Crippen molar-refractivity contribution in [2.45, 2.75) is 38.6 Å². The second kappa shape index (κ2) is 10.3. The van der Waals surface area contributed by atoms with E-state index in [1.165, 1.54) is 17.7 Å². The average molecular weight is 372 g/mol. The molecule has 0 aliphatic carbocycles. The van der Waals surface area contributed by atoms with Crippen LogP contribution in [0.2, 0.25) is 0 Å². The summed E-state index contributed by atoms with van der Waals surface area (Å²) in [4.78, 5) is 24.1. The number of amides is 2. The van der Waals surface area contributed by atoms with Crippen molar-refractivity contribution in [1.82, 2.24) is 5.32 Å². The van der Waals surface area contributed by atoms with Crippen molar-refractivity contribution >= 4 is 17.5 Å². The van der Waals surface area contributed by atoms with Gasteiger partial charge in [0.1, 0.15) is 17.6 Å². The zero-order chi connectivity index (χ0) is 19.6. The first kappa shape index (κ1) is 20.4. The fraction of sp³-hybridized carbons (Fsp3) is 0.333. The SMILES string of the molecule is COc1ccc(CCCCC(=O)NC(C)C(=O)Nc2ccccc2F)cc1. The van der Waals surface area contributed by atoms with E-state index in [9.17, 15) is 14.0 Å². The van der Waals surface area contributed by atoms with Gasteiger partial charge >= 0.3 is 0 Å². The Labute approximate surface area is 158 Å². The van der Waals surface area contributed by atoms with Crippen LogP contribution in [0.25, 0.3) is 0 Å². The fourth-order valence-corrected chi connectivity index (χ4v) is 2.59. The molecule has 0 saturated heterocycles. The van der Waals surface area contributed by atoms with Crippen molar-refractivity contribution in [3.8, 4) is 5.75 Å². The Kier molecular flexibility index (Phi) is 7.79. The second-order valence-electron chi connectivity index (χ2n) is 6.31. The largest absolute Gasteiger partial charge is 0.497 e. The summed E-state index contributed by atoms with van der Waals surface area (Å²) in [7, 11) is 1.63. The highest BCUT2D eigenvalue weighted by atomic mass is 19.1. The first-order valence-electron chi connectivity index (χ1n) is 8.97. The standard InChI is InChI=1S/C21H25FN2O3/c1-15(21(26)24-19-9-5-4-8-18(19)22)23-20(25)10-6-3-7-16-11-13-17(27-2)14-12-16/h4-5,8-9,11-15H,3,6-7,10H2,1-2H3,(H,23,25)(H,24,26). The predicted molar refractivity (Wildman–Crippen MR) is 103 cm³/mol. The quantitative estimate of drug-likeness (QED) is 0.660. The van der Waals surface area contributed by atoms with Gasteiger partial charge in [-0.15, -0.1) is 0 Å². The van der Waals surface area contributed by atoms with E-state index < -0.39 is 17.8 Å². The van der Waals surface area contributed by atoms with Gasteiger partial charge in [0.05, 0.1) is 12.8 Å². The maximum atomic E-state index is 13.6. The molecule has 1 atom stereocenters. The molecule has 0 aliphatic rings. The Bertz CT molecular complexity index is 762. The van der Waals surface area contributed by atoms with Crippen molar-refractivity contribution in [3.63, 3.8) is 0 Å². The Morgan fingerprint density at radius 2 is 1.78 bits per heavy atom. The number of para-hydroxylation sites is 1. The predicted octanol–water partition coefficient (Wildman–Crippen LogP) is 3.69. The molecule has 0 aromatic heterocycles. The second-order valence-corrected chi connectivity index (χ2v) is 6.31. The molecule has 0 spiro atoms. The van der Waals surface area contributed by atoms with E-state index in [0.29, 0.717) is 6.42 Å². The normalized spacial score (nSPS) is 11.5. The summed E-state index contributed by atoms with van der Waals surface area (Å²) in [5.41, 5.74) is 1.29. The molecule has 1 unspecified atom stereocenters. The fourth-order valence-electron chi connectivity index (χ4n) is 2.59. The number of halogens is 1. The van der Waals surface area contributed by atoms with Crippen molar-refractivity contribution in [3.05, 3.63) is 59.9 Å². The van der Waals surface area contributed by atoms with Crippen LogP contribution in [0.1, 0.15) is 31.7 Å². The molecular weight excluding hydrogens is 347 g/mol. The van der Waals surface area contributed by atoms with Gasteiger partial charge in [-0.2, -0.15) is 0 Å². The van der Waals surface area contributed by atoms with Crippen LogP contribution in [0.4, 0.5) is 10.1 Å². The first-order valence-corrected chi connectivity index (χ1v) is 8.97. The number of hydrogen-bond donors (Lipinski definition) is 2. The van der Waals surface area contributed by atoms with E-state index >= 15 is 0 Å². The van der Waals surface area contributed by atoms with Gasteiger partial charge in [-0.25, -0.2) is 4.39 Å². The minimum absolute atomic E-state index is 0.100. The van der Waals surface area contributed by atoms with Crippen LogP contribution in [-0.4, -0.2) is 25.0 Å². The summed E-state index contributed by atoms with van der Waals surface area (Å²) < 4.78 is 18.7. The Balaban J connectivity index is 1.68. The molecule has 2 aromatic rings. The van der Waals surface area contributed by atoms with Gasteiger partial charge in [-0.05, 0) is 56.0 Å². The van der Waals surface area contributed by atoms with Crippen molar-refractivity contribution in [2.24, 2.45) is 0 Å². The molecule has 0 heterocycles. The van der Waals surface area contributed by atoms with Crippen LogP contribution >= 0.6 is 0 Å². The molecular formula is C21H25FN2O3. The number of carbonyl (C=O) groups is 2. The highest BCUT2D eigenvalue weighted by Gasteiger charge is 2.16. The number of aryl methyl sites for hydroxylation is 1. The lowest BCUT2D eigenvalue weighted by Gasteiger charge is -2.14. The Morgan fingerprint density at radius 1 is 1.07 bits per heavy atom. The molecule has 0 bridgehead atoms. The molecule has 0 saturated carbocycles. The first-order chi connectivity index (χ1) is 13.0. The van der Waals surface area contributed by atoms with Crippen molar-refractivity contribution in [2.75, 3.05) is 12.4 Å². The molecule has 144 valence electrons. The molecule has 2 N–H and O–H groups in total. The third-order valence-electron chi connectivity index (χ3n) is 4.18. The molecule has 0 radical (unpaired) electrons. The number of nitrogens with one attached hydrogen (secondary N) is 2. The van der Waals surface area contributed by atoms with Gasteiger partial charge in [-0.1, -0.05) is 24.3 Å². The summed E-state index contributed by atoms with van der Waals surface area (Å²) in [6.45, 7) is 1.57. The maximum Gasteiger partial charge on any atom is 0.246 e. The van der Waals surface area contributed by atoms with Crippen molar-refractivity contribution in [1.29, 1.82) is 0 Å². The van der Waals surface area contributed by atoms with Gasteiger partial charge in [0.2, 0.25) is 11.8 Å². The van der Waals surface area contributed by atoms with E-state index in [1.807, 2.05) is 24.3 Å². The highest BCUT2D eigenvalue weighted by molar-refractivity contribution is 5.96. The number of rotatable bonds is 9. The van der Waals surface area contributed by atoms with E-state index in [1.54, 1.807) is 26.2 Å². The van der Waals surface area contributed by atoms with Crippen LogP contribution in [0, 0.1) is 5.82 Å². The topological polar surface area (TPSA) is 67.4 Å². The molecule has 5 nitrogen and oxygen atoms in total. The van der Waals surface area contributed by atoms with Gasteiger partial charge in [-0.3, -0.25) is 9.59 Å². The Morgan fingerprint density at radius 3 is 2.44 bits per heavy atom. The number of ether oxygens (including phenoxy) is 1. The van der Waals surface area contributed by atoms with Crippen LogP contribution in [0.3, 0.4) is 0 Å². The number of unbranched alkanes of at least 4 members (excludes halogenated alkanes) is 1. The minimum atomic E-state index is -0.737. The van der Waals surface area contributed by atoms with E-state index in [-0.39, 0.29) is 11.6 Å². The number of carbonyl (C=O) groups excluding carboxylic acids is 2. The van der Waals surface area contributed by atoms with Crippen molar-refractivity contribution < 1.29 is 18.7 Å². The van der Waals surface area contributed by atoms with E-state index in [4.69, 9.17) is 4.74 Å². The lowest BCUT2D eigenvalue weighted by atomic mass is 10.1. The van der Waals surface area contributed by atoms with E-state index in [0.717, 1.165) is 25.0 Å². The van der Waals surface area contributed by atoms with Gasteiger partial charge < -0.3 is 15.4 Å². The number of hydrogen-bond acceptors (Lipinski definition) is 3. The monoisotopic (exact) mass is 372 g/mol. The molecule has 0 aliphatic heterocycles. The zero-order valence-corrected chi connectivity index (χ0v) is 15.6. The zero-order valence-electron chi connectivity index (χ0n) is 15.6. The van der Waals surface area contributed by atoms with Gasteiger partial charge in [0.15, 0.2) is 0 Å². The molecule has 2 aromatic carbocycles. The maximum absolute atomic E-state index is 13.6. The highest BCUT2D eigenvalue weighted by Crippen LogP contribution is 2.14. The summed E-state index contributed by atoms with van der Waals surface area (Å²) >= 11 is 0. The summed E-state index contributed by atoms with van der Waals surface area (Å²) in [5, 5.41) is 5.12. The number of methoxy groups -OCH3 is 1. The van der Waals surface area contributed by atoms with Crippen LogP contribution < -0.4 is 15.4 Å². The number of benzene rings is 2. The number of anilines is 1. The van der Waals surface area contributed by atoms with E-state index in [2.05, 4.69) is 10.6 Å². The summed E-state index contributed by atoms with van der Waals surface area (Å²) in [6.07, 6.45) is 2.81. The lowest BCUT2D eigenvalue weighted by molar-refractivity contribution is -0.126. The molecule has 0 fully saturated rings. The third kappa shape index (κ3) is 6.73. The molecule has 2 rings (SSSR count). The van der Waals surface area contributed by atoms with Gasteiger partial charge in [0, 0.05) is 6.42 Å². The lowest BCUT2D eigenvalue weighted by Crippen LogP contribution is -2.41. The summed E-state index contributed by atoms with van der Waals surface area (Å²) in [5.74, 6) is -0.337. The Hall–Kier alpha value is -2.89.